The number of aldehydes is 1. The topological polar surface area (TPSA) is 51.1 Å². The molecule has 0 atom stereocenters. The van der Waals surface area contributed by atoms with E-state index in [2.05, 4.69) is 12.2 Å². The van der Waals surface area contributed by atoms with Crippen LogP contribution in [-0.2, 0) is 11.3 Å². The highest BCUT2D eigenvalue weighted by molar-refractivity contribution is 5.97. The van der Waals surface area contributed by atoms with E-state index >= 15 is 0 Å². The normalized spacial score (nSPS) is 10.6. The van der Waals surface area contributed by atoms with Crippen LogP contribution in [0.5, 0.6) is 0 Å². The molecule has 0 spiro atoms. The number of fused-ring (bicyclic) bond motifs is 1. The SMILES string of the molecule is CCCCNC(=O)Cn1ccc2c(C=O)cccc21. The predicted octanol–water partition coefficient (Wildman–Crippen LogP) is 2.37. The summed E-state index contributed by atoms with van der Waals surface area (Å²) < 4.78 is 1.86. The van der Waals surface area contributed by atoms with Gasteiger partial charge in [-0.15, -0.1) is 0 Å². The molecule has 4 nitrogen and oxygen atoms in total. The van der Waals surface area contributed by atoms with Crippen LogP contribution in [0.15, 0.2) is 30.5 Å². The molecule has 0 saturated carbocycles. The lowest BCUT2D eigenvalue weighted by Crippen LogP contribution is -2.28. The molecule has 2 rings (SSSR count). The van der Waals surface area contributed by atoms with Gasteiger partial charge in [-0.05, 0) is 18.6 Å². The van der Waals surface area contributed by atoms with E-state index in [1.165, 1.54) is 0 Å². The Labute approximate surface area is 112 Å². The van der Waals surface area contributed by atoms with E-state index in [9.17, 15) is 9.59 Å². The molecule has 0 unspecified atom stereocenters. The van der Waals surface area contributed by atoms with Crippen molar-refractivity contribution in [2.45, 2.75) is 26.3 Å². The zero-order chi connectivity index (χ0) is 13.7. The van der Waals surface area contributed by atoms with E-state index < -0.39 is 0 Å². The van der Waals surface area contributed by atoms with Gasteiger partial charge in [0.15, 0.2) is 6.29 Å². The maximum atomic E-state index is 11.8. The molecule has 4 heteroatoms. The van der Waals surface area contributed by atoms with Crippen molar-refractivity contribution in [3.63, 3.8) is 0 Å². The molecular weight excluding hydrogens is 240 g/mol. The Morgan fingerprint density at radius 3 is 2.95 bits per heavy atom. The number of nitrogens with one attached hydrogen (secondary N) is 1. The van der Waals surface area contributed by atoms with Gasteiger partial charge in [0.1, 0.15) is 6.54 Å². The Morgan fingerprint density at radius 2 is 2.21 bits per heavy atom. The first-order valence-electron chi connectivity index (χ1n) is 6.56. The fraction of sp³-hybridized carbons (Fsp3) is 0.333. The van der Waals surface area contributed by atoms with Gasteiger partial charge in [-0.1, -0.05) is 25.5 Å². The lowest BCUT2D eigenvalue weighted by atomic mass is 10.1. The highest BCUT2D eigenvalue weighted by Crippen LogP contribution is 2.18. The molecule has 2 aromatic rings. The van der Waals surface area contributed by atoms with Crippen LogP contribution in [0.4, 0.5) is 0 Å². The van der Waals surface area contributed by atoms with E-state index in [4.69, 9.17) is 0 Å². The average Bonchev–Trinajstić information content (AvgIpc) is 2.82. The van der Waals surface area contributed by atoms with E-state index in [1.807, 2.05) is 29.0 Å². The van der Waals surface area contributed by atoms with Crippen LogP contribution in [0, 0.1) is 0 Å². The molecular formula is C15H18N2O2. The van der Waals surface area contributed by atoms with Gasteiger partial charge < -0.3 is 9.88 Å². The number of nitrogens with zero attached hydrogens (tertiary/aromatic N) is 1. The molecule has 1 aromatic heterocycles. The zero-order valence-electron chi connectivity index (χ0n) is 11.1. The minimum Gasteiger partial charge on any atom is -0.355 e. The molecule has 0 fully saturated rings. The Hall–Kier alpha value is -2.10. The first-order chi connectivity index (χ1) is 9.26. The number of rotatable bonds is 6. The van der Waals surface area contributed by atoms with E-state index in [1.54, 1.807) is 6.07 Å². The summed E-state index contributed by atoms with van der Waals surface area (Å²) in [7, 11) is 0. The van der Waals surface area contributed by atoms with Crippen molar-refractivity contribution in [3.05, 3.63) is 36.0 Å². The van der Waals surface area contributed by atoms with Gasteiger partial charge in [0.25, 0.3) is 0 Å². The van der Waals surface area contributed by atoms with Crippen molar-refractivity contribution in [2.75, 3.05) is 6.54 Å². The Morgan fingerprint density at radius 1 is 1.37 bits per heavy atom. The van der Waals surface area contributed by atoms with E-state index in [0.29, 0.717) is 12.1 Å². The molecule has 1 aromatic carbocycles. The predicted molar refractivity (Wildman–Crippen MR) is 75.2 cm³/mol. The third-order valence-electron chi connectivity index (χ3n) is 3.14. The molecule has 1 N–H and O–H groups in total. The van der Waals surface area contributed by atoms with Crippen molar-refractivity contribution < 1.29 is 9.59 Å². The van der Waals surface area contributed by atoms with Crippen molar-refractivity contribution in [3.8, 4) is 0 Å². The summed E-state index contributed by atoms with van der Waals surface area (Å²) >= 11 is 0. The fourth-order valence-electron chi connectivity index (χ4n) is 2.10. The van der Waals surface area contributed by atoms with Crippen LogP contribution in [0.25, 0.3) is 10.9 Å². The van der Waals surface area contributed by atoms with Gasteiger partial charge in [0.05, 0.1) is 0 Å². The number of hydrogen-bond donors (Lipinski definition) is 1. The number of benzene rings is 1. The Bertz CT molecular complexity index is 587. The summed E-state index contributed by atoms with van der Waals surface area (Å²) in [6.45, 7) is 3.09. The van der Waals surface area contributed by atoms with Crippen LogP contribution in [0.2, 0.25) is 0 Å². The number of carbonyl (C=O) groups excluding carboxylic acids is 2. The minimum absolute atomic E-state index is 0.00227. The lowest BCUT2D eigenvalue weighted by Gasteiger charge is -2.07. The summed E-state index contributed by atoms with van der Waals surface area (Å²) in [5.41, 5.74) is 1.57. The van der Waals surface area contributed by atoms with Gasteiger partial charge in [0.2, 0.25) is 5.91 Å². The summed E-state index contributed by atoms with van der Waals surface area (Å²) in [6.07, 6.45) is 4.74. The van der Waals surface area contributed by atoms with Crippen LogP contribution in [0.1, 0.15) is 30.1 Å². The fourth-order valence-corrected chi connectivity index (χ4v) is 2.10. The second-order valence-electron chi connectivity index (χ2n) is 4.55. The quantitative estimate of drug-likeness (QED) is 0.639. The van der Waals surface area contributed by atoms with Crippen molar-refractivity contribution in [1.82, 2.24) is 9.88 Å². The number of aromatic nitrogens is 1. The molecule has 0 aliphatic carbocycles. The first-order valence-corrected chi connectivity index (χ1v) is 6.56. The van der Waals surface area contributed by atoms with Crippen LogP contribution in [0.3, 0.4) is 0 Å². The molecule has 0 radical (unpaired) electrons. The molecule has 1 heterocycles. The maximum Gasteiger partial charge on any atom is 0.239 e. The standard InChI is InChI=1S/C15H18N2O2/c1-2-3-8-16-15(19)10-17-9-7-13-12(11-18)5-4-6-14(13)17/h4-7,9,11H,2-3,8,10H2,1H3,(H,16,19). The highest BCUT2D eigenvalue weighted by Gasteiger charge is 2.07. The third kappa shape index (κ3) is 3.02. The van der Waals surface area contributed by atoms with Gasteiger partial charge in [-0.2, -0.15) is 0 Å². The van der Waals surface area contributed by atoms with Gasteiger partial charge in [0, 0.05) is 29.2 Å². The summed E-state index contributed by atoms with van der Waals surface area (Å²) in [4.78, 5) is 22.7. The van der Waals surface area contributed by atoms with E-state index in [-0.39, 0.29) is 12.5 Å². The number of carbonyl (C=O) groups is 2. The van der Waals surface area contributed by atoms with Crippen molar-refractivity contribution >= 4 is 23.1 Å². The molecule has 19 heavy (non-hydrogen) atoms. The molecule has 1 amide bonds. The lowest BCUT2D eigenvalue weighted by molar-refractivity contribution is -0.121. The van der Waals surface area contributed by atoms with Crippen molar-refractivity contribution in [1.29, 1.82) is 0 Å². The monoisotopic (exact) mass is 258 g/mol. The molecule has 0 aliphatic heterocycles. The first kappa shape index (κ1) is 13.3. The zero-order valence-corrected chi connectivity index (χ0v) is 11.1. The van der Waals surface area contributed by atoms with Gasteiger partial charge in [-0.3, -0.25) is 9.59 Å². The molecule has 0 aliphatic rings. The maximum absolute atomic E-state index is 11.8. The van der Waals surface area contributed by atoms with Crippen LogP contribution in [-0.4, -0.2) is 23.3 Å². The minimum atomic E-state index is 0.00227. The smallest absolute Gasteiger partial charge is 0.239 e. The number of hydrogen-bond acceptors (Lipinski definition) is 2. The van der Waals surface area contributed by atoms with Crippen molar-refractivity contribution in [2.24, 2.45) is 0 Å². The second kappa shape index (κ2) is 6.18. The van der Waals surface area contributed by atoms with Gasteiger partial charge in [-0.25, -0.2) is 0 Å². The van der Waals surface area contributed by atoms with Crippen LogP contribution < -0.4 is 5.32 Å². The number of amides is 1. The largest absolute Gasteiger partial charge is 0.355 e. The van der Waals surface area contributed by atoms with E-state index in [0.717, 1.165) is 30.0 Å². The van der Waals surface area contributed by atoms with Gasteiger partial charge >= 0.3 is 0 Å². The highest BCUT2D eigenvalue weighted by atomic mass is 16.1. The summed E-state index contributed by atoms with van der Waals surface area (Å²) in [6, 6.07) is 7.40. The Balaban J connectivity index is 2.13. The molecule has 0 saturated heterocycles. The Kier molecular flexibility index (Phi) is 4.34. The van der Waals surface area contributed by atoms with Crippen LogP contribution >= 0.6 is 0 Å². The summed E-state index contributed by atoms with van der Waals surface area (Å²) in [5, 5.41) is 3.77. The average molecular weight is 258 g/mol. The third-order valence-corrected chi connectivity index (χ3v) is 3.14. The summed E-state index contributed by atoms with van der Waals surface area (Å²) in [5.74, 6) is 0.00227. The number of unbranched alkanes of at least 4 members (excludes halogenated alkanes) is 1. The second-order valence-corrected chi connectivity index (χ2v) is 4.55. The molecule has 0 bridgehead atoms. The molecule has 100 valence electrons.